The topological polar surface area (TPSA) is 162 Å². The van der Waals surface area contributed by atoms with Crippen molar-refractivity contribution in [2.45, 2.75) is 38.1 Å². The standard InChI is InChI=1S/C37H43FN8O5S/c1-22(2)40-37(48)34-28(38)9-8-10-29(34)43-35(39)27-16-18-46(52(49,50)26-13-11-23(3)12-14-26)36(27)42-24(4)41-30-20-31-25(19-32(30)51-7)15-17-45(31)33(47)21-44(5)6/h8-14,16,18-20,22,41,43H,4,15,17,21,39H2,1-3,5-7H3,(H,40,48)/b35-27+,42-36+. The zero-order valence-corrected chi connectivity index (χ0v) is 30.8. The number of hydrogen-bond acceptors (Lipinski definition) is 10. The molecule has 5 N–H and O–H groups in total. The van der Waals surface area contributed by atoms with Crippen LogP contribution in [0.1, 0.15) is 35.3 Å². The maximum absolute atomic E-state index is 15.0. The Hall–Kier alpha value is -5.67. The highest BCUT2D eigenvalue weighted by atomic mass is 32.2. The van der Waals surface area contributed by atoms with Gasteiger partial charge in [-0.3, -0.25) is 9.59 Å². The molecule has 15 heteroatoms. The summed E-state index contributed by atoms with van der Waals surface area (Å²) >= 11 is 0. The van der Waals surface area contributed by atoms with Crippen LogP contribution < -0.4 is 31.3 Å². The highest BCUT2D eigenvalue weighted by Crippen LogP contribution is 2.38. The van der Waals surface area contributed by atoms with Gasteiger partial charge in [-0.1, -0.05) is 30.3 Å². The van der Waals surface area contributed by atoms with Crippen LogP contribution in [0.5, 0.6) is 5.75 Å². The lowest BCUT2D eigenvalue weighted by Crippen LogP contribution is -2.36. The molecule has 0 bridgehead atoms. The number of sulfonamides is 1. The predicted molar refractivity (Wildman–Crippen MR) is 201 cm³/mol. The van der Waals surface area contributed by atoms with Crippen LogP contribution in [0.2, 0.25) is 0 Å². The molecule has 2 heterocycles. The van der Waals surface area contributed by atoms with E-state index in [9.17, 15) is 18.0 Å². The number of nitrogens with two attached hydrogens (primary N) is 1. The zero-order valence-electron chi connectivity index (χ0n) is 30.0. The highest BCUT2D eigenvalue weighted by molar-refractivity contribution is 7.89. The molecule has 0 aliphatic carbocycles. The molecule has 0 atom stereocenters. The van der Waals surface area contributed by atoms with Gasteiger partial charge in [-0.05, 0) is 89.3 Å². The summed E-state index contributed by atoms with van der Waals surface area (Å²) in [6, 6.07) is 13.7. The van der Waals surface area contributed by atoms with Crippen LogP contribution in [-0.2, 0) is 21.2 Å². The Kier molecular flexibility index (Phi) is 11.1. The molecule has 2 aliphatic rings. The molecule has 13 nitrogen and oxygen atoms in total. The Balaban J connectivity index is 1.56. The number of halogens is 1. The number of methoxy groups -OCH3 is 1. The highest BCUT2D eigenvalue weighted by Gasteiger charge is 2.34. The molecule has 2 aliphatic heterocycles. The molecule has 52 heavy (non-hydrogen) atoms. The monoisotopic (exact) mass is 730 g/mol. The first-order chi connectivity index (χ1) is 24.6. The van der Waals surface area contributed by atoms with Crippen molar-refractivity contribution in [1.82, 2.24) is 14.5 Å². The van der Waals surface area contributed by atoms with Crippen molar-refractivity contribution in [2.75, 3.05) is 49.8 Å². The summed E-state index contributed by atoms with van der Waals surface area (Å²) in [6.45, 7) is 10.1. The summed E-state index contributed by atoms with van der Waals surface area (Å²) in [4.78, 5) is 34.1. The minimum absolute atomic E-state index is 0.00218. The van der Waals surface area contributed by atoms with E-state index in [-0.39, 0.29) is 57.7 Å². The molecular formula is C37H43FN8O5S. The van der Waals surface area contributed by atoms with Crippen LogP contribution in [0.4, 0.5) is 21.5 Å². The third-order valence-corrected chi connectivity index (χ3v) is 9.87. The number of rotatable bonds is 12. The molecule has 0 spiro atoms. The van der Waals surface area contributed by atoms with Gasteiger partial charge in [-0.25, -0.2) is 22.1 Å². The summed E-state index contributed by atoms with van der Waals surface area (Å²) in [5, 5.41) is 8.67. The zero-order chi connectivity index (χ0) is 37.9. The van der Waals surface area contributed by atoms with Gasteiger partial charge in [0.15, 0.2) is 5.84 Å². The van der Waals surface area contributed by atoms with E-state index in [1.165, 1.54) is 43.7 Å². The van der Waals surface area contributed by atoms with E-state index in [1.807, 2.05) is 27.1 Å². The number of anilines is 3. The molecule has 0 fully saturated rings. The fourth-order valence-electron chi connectivity index (χ4n) is 5.76. The second kappa shape index (κ2) is 15.3. The van der Waals surface area contributed by atoms with Crippen molar-refractivity contribution in [3.05, 3.63) is 113 Å². The molecule has 0 saturated carbocycles. The number of benzene rings is 3. The third-order valence-electron chi connectivity index (χ3n) is 8.19. The maximum Gasteiger partial charge on any atom is 0.269 e. The Morgan fingerprint density at radius 1 is 1.10 bits per heavy atom. The first-order valence-electron chi connectivity index (χ1n) is 16.5. The number of hydrogen-bond donors (Lipinski definition) is 4. The van der Waals surface area contributed by atoms with E-state index in [0.29, 0.717) is 30.1 Å². The number of aliphatic imine (C=N–C) groups is 1. The number of ether oxygens (including phenoxy) is 1. The normalized spacial score (nSPS) is 15.7. The third kappa shape index (κ3) is 7.95. The second-order valence-electron chi connectivity index (χ2n) is 12.9. The SMILES string of the molecule is C=C(/N=C1\C(=C(/N)Nc2cccc(F)c2C(=O)NC(C)C)C=CN1S(=O)(=O)c1ccc(C)cc1)Nc1cc2c(cc1OC)CCN2C(=O)CN(C)C. The smallest absolute Gasteiger partial charge is 0.269 e. The van der Waals surface area contributed by atoms with Crippen molar-refractivity contribution in [2.24, 2.45) is 10.7 Å². The number of carbonyl (C=O) groups is 2. The lowest BCUT2D eigenvalue weighted by atomic mass is 10.1. The summed E-state index contributed by atoms with van der Waals surface area (Å²) < 4.78 is 49.6. The second-order valence-corrected chi connectivity index (χ2v) is 14.7. The Bertz CT molecular complexity index is 2110. The lowest BCUT2D eigenvalue weighted by molar-refractivity contribution is -0.119. The Morgan fingerprint density at radius 2 is 1.81 bits per heavy atom. The molecular weight excluding hydrogens is 688 g/mol. The van der Waals surface area contributed by atoms with Crippen molar-refractivity contribution in [3.63, 3.8) is 0 Å². The average molecular weight is 731 g/mol. The summed E-state index contributed by atoms with van der Waals surface area (Å²) in [5.41, 5.74) is 9.42. The van der Waals surface area contributed by atoms with Crippen molar-refractivity contribution in [3.8, 4) is 5.75 Å². The van der Waals surface area contributed by atoms with E-state index in [2.05, 4.69) is 27.5 Å². The maximum atomic E-state index is 15.0. The van der Waals surface area contributed by atoms with Crippen molar-refractivity contribution >= 4 is 44.7 Å². The van der Waals surface area contributed by atoms with Crippen LogP contribution in [0, 0.1) is 12.7 Å². The van der Waals surface area contributed by atoms with E-state index < -0.39 is 21.7 Å². The van der Waals surface area contributed by atoms with Crippen molar-refractivity contribution in [1.29, 1.82) is 0 Å². The first kappa shape index (κ1) is 37.6. The predicted octanol–water partition coefficient (Wildman–Crippen LogP) is 4.51. The molecule has 3 aromatic rings. The van der Waals surface area contributed by atoms with Gasteiger partial charge in [-0.15, -0.1) is 0 Å². The molecule has 5 rings (SSSR count). The molecule has 0 radical (unpaired) electrons. The number of carbonyl (C=O) groups excluding carboxylic acids is 2. The van der Waals surface area contributed by atoms with Crippen LogP contribution in [0.25, 0.3) is 0 Å². The summed E-state index contributed by atoms with van der Waals surface area (Å²) in [5.74, 6) is -1.26. The van der Waals surface area contributed by atoms with Gasteiger partial charge in [0.25, 0.3) is 15.9 Å². The van der Waals surface area contributed by atoms with Gasteiger partial charge in [0.2, 0.25) is 5.91 Å². The number of fused-ring (bicyclic) bond motifs is 1. The molecule has 0 unspecified atom stereocenters. The number of amides is 2. The molecule has 0 saturated heterocycles. The van der Waals surface area contributed by atoms with Gasteiger partial charge in [-0.2, -0.15) is 0 Å². The van der Waals surface area contributed by atoms with E-state index in [0.717, 1.165) is 21.5 Å². The van der Waals surface area contributed by atoms with Gasteiger partial charge >= 0.3 is 0 Å². The Labute approximate surface area is 303 Å². The quantitative estimate of drug-likeness (QED) is 0.210. The van der Waals surface area contributed by atoms with E-state index in [1.54, 1.807) is 41.8 Å². The van der Waals surface area contributed by atoms with Crippen LogP contribution >= 0.6 is 0 Å². The first-order valence-corrected chi connectivity index (χ1v) is 17.9. The number of nitrogens with one attached hydrogen (secondary N) is 3. The number of likely N-dealkylation sites (N-methyl/N-ethyl adjacent to an activating group) is 1. The van der Waals surface area contributed by atoms with Gasteiger partial charge < -0.3 is 36.2 Å². The molecule has 274 valence electrons. The van der Waals surface area contributed by atoms with Crippen LogP contribution in [0.3, 0.4) is 0 Å². The van der Waals surface area contributed by atoms with Crippen molar-refractivity contribution < 1.29 is 27.1 Å². The fourth-order valence-corrected chi connectivity index (χ4v) is 7.05. The van der Waals surface area contributed by atoms with Crippen LogP contribution in [-0.4, -0.2) is 75.6 Å². The fraction of sp³-hybridized carbons (Fsp3) is 0.270. The average Bonchev–Trinajstić information content (AvgIpc) is 3.68. The minimum atomic E-state index is -4.22. The molecule has 0 aromatic heterocycles. The summed E-state index contributed by atoms with van der Waals surface area (Å²) in [7, 11) is 0.941. The number of amidine groups is 1. The number of aryl methyl sites for hydroxylation is 1. The largest absolute Gasteiger partial charge is 0.495 e. The molecule has 2 amide bonds. The molecule has 3 aromatic carbocycles. The van der Waals surface area contributed by atoms with E-state index >= 15 is 4.39 Å². The lowest BCUT2D eigenvalue weighted by Gasteiger charge is -2.22. The minimum Gasteiger partial charge on any atom is -0.495 e. The van der Waals surface area contributed by atoms with E-state index in [4.69, 9.17) is 10.5 Å². The summed E-state index contributed by atoms with van der Waals surface area (Å²) in [6.07, 6.45) is 3.39. The van der Waals surface area contributed by atoms with Gasteiger partial charge in [0.1, 0.15) is 23.2 Å². The van der Waals surface area contributed by atoms with Crippen LogP contribution in [0.15, 0.2) is 101 Å². The van der Waals surface area contributed by atoms with Gasteiger partial charge in [0, 0.05) is 24.5 Å². The van der Waals surface area contributed by atoms with Gasteiger partial charge in [0.05, 0.1) is 41.1 Å². The number of nitrogens with zero attached hydrogens (tertiary/aromatic N) is 4. The Morgan fingerprint density at radius 3 is 2.46 bits per heavy atom.